The van der Waals surface area contributed by atoms with Gasteiger partial charge in [-0.25, -0.2) is 0 Å². The van der Waals surface area contributed by atoms with Crippen LogP contribution in [0.1, 0.15) is 18.1 Å². The van der Waals surface area contributed by atoms with Crippen molar-refractivity contribution in [1.29, 1.82) is 0 Å². The Balaban J connectivity index is 2.05. The van der Waals surface area contributed by atoms with E-state index in [0.29, 0.717) is 5.92 Å². The van der Waals surface area contributed by atoms with Crippen LogP contribution < -0.4 is 0 Å². The number of rotatable bonds is 0. The molecule has 0 heterocycles. The average Bonchev–Trinajstić information content (AvgIpc) is 2.48. The van der Waals surface area contributed by atoms with Crippen molar-refractivity contribution < 1.29 is 0 Å². The van der Waals surface area contributed by atoms with E-state index in [0.717, 1.165) is 12.8 Å². The molecule has 1 heteroatoms. The highest BCUT2D eigenvalue weighted by molar-refractivity contribution is 6.21. The predicted octanol–water partition coefficient (Wildman–Crippen LogP) is 5.34. The Morgan fingerprint density at radius 1 is 0.850 bits per heavy atom. The number of hydrogen-bond acceptors (Lipinski definition) is 0. The highest BCUT2D eigenvalue weighted by Gasteiger charge is 2.24. The Hall–Kier alpha value is -1.53. The SMILES string of the molecule is CC1Cc2ccc3c(ccc4ccccc43)c2CC1Cl. The summed E-state index contributed by atoms with van der Waals surface area (Å²) in [7, 11) is 0. The van der Waals surface area contributed by atoms with Gasteiger partial charge in [0.25, 0.3) is 0 Å². The molecule has 1 aliphatic rings. The molecule has 0 saturated heterocycles. The fourth-order valence-corrected chi connectivity index (χ4v) is 3.74. The lowest BCUT2D eigenvalue weighted by Gasteiger charge is -2.27. The van der Waals surface area contributed by atoms with Gasteiger partial charge < -0.3 is 0 Å². The molecule has 0 spiro atoms. The first-order chi connectivity index (χ1) is 9.74. The molecule has 0 saturated carbocycles. The molecule has 0 fully saturated rings. The Morgan fingerprint density at radius 2 is 1.65 bits per heavy atom. The van der Waals surface area contributed by atoms with Gasteiger partial charge in [0.05, 0.1) is 0 Å². The lowest BCUT2D eigenvalue weighted by atomic mass is 9.81. The zero-order valence-electron chi connectivity index (χ0n) is 11.6. The summed E-state index contributed by atoms with van der Waals surface area (Å²) < 4.78 is 0. The smallest absolute Gasteiger partial charge is 0.0405 e. The second-order valence-electron chi connectivity index (χ2n) is 5.99. The van der Waals surface area contributed by atoms with E-state index in [1.165, 1.54) is 32.7 Å². The molecule has 2 atom stereocenters. The van der Waals surface area contributed by atoms with E-state index < -0.39 is 0 Å². The zero-order chi connectivity index (χ0) is 13.7. The first-order valence-corrected chi connectivity index (χ1v) is 7.74. The van der Waals surface area contributed by atoms with E-state index in [-0.39, 0.29) is 5.38 Å². The third-order valence-corrected chi connectivity index (χ3v) is 5.28. The second-order valence-corrected chi connectivity index (χ2v) is 6.55. The summed E-state index contributed by atoms with van der Waals surface area (Å²) in [6.45, 7) is 2.26. The molecule has 0 nitrogen and oxygen atoms in total. The van der Waals surface area contributed by atoms with Crippen LogP contribution in [0.5, 0.6) is 0 Å². The van der Waals surface area contributed by atoms with E-state index in [1.54, 1.807) is 0 Å². The normalized spacial score (nSPS) is 22.1. The second kappa shape index (κ2) is 4.49. The summed E-state index contributed by atoms with van der Waals surface area (Å²) in [6, 6.07) is 17.7. The van der Waals surface area contributed by atoms with Crippen molar-refractivity contribution in [2.24, 2.45) is 5.92 Å². The number of benzene rings is 3. The van der Waals surface area contributed by atoms with Crippen molar-refractivity contribution in [3.05, 3.63) is 59.7 Å². The van der Waals surface area contributed by atoms with E-state index in [4.69, 9.17) is 11.6 Å². The van der Waals surface area contributed by atoms with Crippen molar-refractivity contribution >= 4 is 33.1 Å². The van der Waals surface area contributed by atoms with E-state index in [2.05, 4.69) is 55.5 Å². The summed E-state index contributed by atoms with van der Waals surface area (Å²) in [5, 5.41) is 5.67. The third kappa shape index (κ3) is 1.75. The van der Waals surface area contributed by atoms with Crippen molar-refractivity contribution in [2.45, 2.75) is 25.1 Å². The van der Waals surface area contributed by atoms with Crippen LogP contribution in [0.4, 0.5) is 0 Å². The topological polar surface area (TPSA) is 0 Å². The fraction of sp³-hybridized carbons (Fsp3) is 0.263. The Labute approximate surface area is 124 Å². The minimum Gasteiger partial charge on any atom is -0.122 e. The van der Waals surface area contributed by atoms with Crippen LogP contribution in [0.25, 0.3) is 21.5 Å². The highest BCUT2D eigenvalue weighted by atomic mass is 35.5. The van der Waals surface area contributed by atoms with Crippen molar-refractivity contribution in [3.8, 4) is 0 Å². The molecule has 3 aromatic rings. The van der Waals surface area contributed by atoms with Gasteiger partial charge in [-0.2, -0.15) is 0 Å². The van der Waals surface area contributed by atoms with Gasteiger partial charge in [0, 0.05) is 5.38 Å². The molecular formula is C19H17Cl. The summed E-state index contributed by atoms with van der Waals surface area (Å²) in [4.78, 5) is 0. The van der Waals surface area contributed by atoms with Crippen molar-refractivity contribution in [3.63, 3.8) is 0 Å². The summed E-state index contributed by atoms with van der Waals surface area (Å²) in [6.07, 6.45) is 2.10. The standard InChI is InChI=1S/C19H17Cl/c1-12-10-14-7-9-16-15-5-3-2-4-13(15)6-8-17(16)18(14)11-19(12)20/h2-9,12,19H,10-11H2,1H3. The number of halogens is 1. The molecule has 3 aromatic carbocycles. The number of hydrogen-bond donors (Lipinski definition) is 0. The molecule has 0 aliphatic heterocycles. The molecule has 20 heavy (non-hydrogen) atoms. The van der Waals surface area contributed by atoms with Crippen molar-refractivity contribution in [1.82, 2.24) is 0 Å². The Kier molecular flexibility index (Phi) is 2.75. The van der Waals surface area contributed by atoms with Crippen molar-refractivity contribution in [2.75, 3.05) is 0 Å². The van der Waals surface area contributed by atoms with Gasteiger partial charge in [0.2, 0.25) is 0 Å². The molecule has 0 aromatic heterocycles. The molecule has 0 bridgehead atoms. The van der Waals surface area contributed by atoms with Crippen LogP contribution in [0.3, 0.4) is 0 Å². The van der Waals surface area contributed by atoms with Gasteiger partial charge in [-0.15, -0.1) is 11.6 Å². The molecule has 1 aliphatic carbocycles. The largest absolute Gasteiger partial charge is 0.122 e. The molecular weight excluding hydrogens is 264 g/mol. The minimum atomic E-state index is 0.263. The molecule has 2 unspecified atom stereocenters. The Bertz CT molecular complexity index is 803. The molecule has 100 valence electrons. The summed E-state index contributed by atoms with van der Waals surface area (Å²) >= 11 is 6.51. The quantitative estimate of drug-likeness (QED) is 0.385. The number of fused-ring (bicyclic) bond motifs is 5. The first kappa shape index (κ1) is 12.2. The van der Waals surface area contributed by atoms with Crippen LogP contribution in [0.15, 0.2) is 48.5 Å². The maximum Gasteiger partial charge on any atom is 0.0405 e. The van der Waals surface area contributed by atoms with Gasteiger partial charge in [0.15, 0.2) is 0 Å². The maximum atomic E-state index is 6.51. The van der Waals surface area contributed by atoms with Crippen LogP contribution in [-0.4, -0.2) is 5.38 Å². The Morgan fingerprint density at radius 3 is 2.55 bits per heavy atom. The van der Waals surface area contributed by atoms with Gasteiger partial charge in [-0.1, -0.05) is 55.5 Å². The van der Waals surface area contributed by atoms with E-state index >= 15 is 0 Å². The summed E-state index contributed by atoms with van der Waals surface area (Å²) in [5.74, 6) is 0.571. The van der Waals surface area contributed by atoms with E-state index in [9.17, 15) is 0 Å². The van der Waals surface area contributed by atoms with Gasteiger partial charge in [-0.05, 0) is 51.4 Å². The van der Waals surface area contributed by atoms with Crippen LogP contribution in [0, 0.1) is 5.92 Å². The zero-order valence-corrected chi connectivity index (χ0v) is 12.3. The molecule has 4 rings (SSSR count). The van der Waals surface area contributed by atoms with E-state index in [1.807, 2.05) is 0 Å². The third-order valence-electron chi connectivity index (χ3n) is 4.69. The lowest BCUT2D eigenvalue weighted by Crippen LogP contribution is -2.23. The molecule has 0 amide bonds. The van der Waals surface area contributed by atoms with Gasteiger partial charge >= 0.3 is 0 Å². The monoisotopic (exact) mass is 280 g/mol. The predicted molar refractivity (Wildman–Crippen MR) is 87.7 cm³/mol. The summed E-state index contributed by atoms with van der Waals surface area (Å²) in [5.41, 5.74) is 2.95. The number of alkyl halides is 1. The first-order valence-electron chi connectivity index (χ1n) is 7.30. The fourth-order valence-electron chi connectivity index (χ4n) is 3.50. The molecule has 0 N–H and O–H groups in total. The maximum absolute atomic E-state index is 6.51. The van der Waals surface area contributed by atoms with Gasteiger partial charge in [-0.3, -0.25) is 0 Å². The van der Waals surface area contributed by atoms with Crippen LogP contribution in [0.2, 0.25) is 0 Å². The lowest BCUT2D eigenvalue weighted by molar-refractivity contribution is 0.512. The molecule has 0 radical (unpaired) electrons. The average molecular weight is 281 g/mol. The van der Waals surface area contributed by atoms with Crippen LogP contribution in [-0.2, 0) is 12.8 Å². The minimum absolute atomic E-state index is 0.263. The highest BCUT2D eigenvalue weighted by Crippen LogP contribution is 2.36. The van der Waals surface area contributed by atoms with Crippen LogP contribution >= 0.6 is 11.6 Å². The van der Waals surface area contributed by atoms with Gasteiger partial charge in [0.1, 0.15) is 0 Å².